The number of aryl methyl sites for hydroxylation is 1. The minimum atomic E-state index is -0.175. The normalized spacial score (nSPS) is 16.4. The van der Waals surface area contributed by atoms with Crippen LogP contribution in [-0.4, -0.2) is 44.0 Å². The number of hydrogen-bond donors (Lipinski definition) is 1. The van der Waals surface area contributed by atoms with Crippen LogP contribution in [0.5, 0.6) is 0 Å². The Bertz CT molecular complexity index is 1290. The van der Waals surface area contributed by atoms with Crippen molar-refractivity contribution in [2.24, 2.45) is 0 Å². The number of nitrogens with one attached hydrogen (secondary N) is 1. The first-order valence-electron chi connectivity index (χ1n) is 10.6. The summed E-state index contributed by atoms with van der Waals surface area (Å²) in [5, 5.41) is 6.53. The second-order valence-corrected chi connectivity index (χ2v) is 8.65. The lowest BCUT2D eigenvalue weighted by atomic mass is 10.2. The Morgan fingerprint density at radius 2 is 2.26 bits per heavy atom. The molecule has 5 heterocycles. The van der Waals surface area contributed by atoms with Gasteiger partial charge in [0.1, 0.15) is 17.0 Å². The van der Waals surface area contributed by atoms with Gasteiger partial charge in [-0.15, -0.1) is 11.3 Å². The number of thiazole rings is 1. The summed E-state index contributed by atoms with van der Waals surface area (Å²) < 4.78 is 3.39. The van der Waals surface area contributed by atoms with Crippen LogP contribution < -0.4 is 15.8 Å². The van der Waals surface area contributed by atoms with Gasteiger partial charge < -0.3 is 14.8 Å². The number of aromatic nitrogens is 4. The smallest absolute Gasteiger partial charge is 0.268 e. The molecule has 8 nitrogen and oxygen atoms in total. The Morgan fingerprint density at radius 3 is 3.06 bits per heavy atom. The highest BCUT2D eigenvalue weighted by Gasteiger charge is 2.27. The molecule has 0 aromatic carbocycles. The lowest BCUT2D eigenvalue weighted by molar-refractivity contribution is 0.0942. The van der Waals surface area contributed by atoms with E-state index in [1.807, 2.05) is 29.1 Å². The fraction of sp³-hybridized carbons (Fsp3) is 0.364. The number of pyridine rings is 1. The summed E-state index contributed by atoms with van der Waals surface area (Å²) in [5.74, 6) is -0.175. The zero-order chi connectivity index (χ0) is 21.4. The topological polar surface area (TPSA) is 84.5 Å². The van der Waals surface area contributed by atoms with Crippen molar-refractivity contribution in [3.8, 4) is 0 Å². The van der Waals surface area contributed by atoms with Crippen molar-refractivity contribution in [3.05, 3.63) is 58.1 Å². The first-order chi connectivity index (χ1) is 15.2. The molecule has 5 rings (SSSR count). The molecule has 4 aromatic rings. The second-order valence-electron chi connectivity index (χ2n) is 7.78. The van der Waals surface area contributed by atoms with Crippen LogP contribution in [0.1, 0.15) is 36.7 Å². The molecule has 1 atom stereocenters. The molecule has 1 fully saturated rings. The zero-order valence-electron chi connectivity index (χ0n) is 17.3. The van der Waals surface area contributed by atoms with Crippen LogP contribution in [0.4, 0.5) is 5.13 Å². The van der Waals surface area contributed by atoms with Gasteiger partial charge >= 0.3 is 0 Å². The summed E-state index contributed by atoms with van der Waals surface area (Å²) in [6.45, 7) is 4.17. The molecule has 0 radical (unpaired) electrons. The average molecular weight is 437 g/mol. The molecule has 160 valence electrons. The van der Waals surface area contributed by atoms with E-state index < -0.39 is 0 Å². The van der Waals surface area contributed by atoms with Gasteiger partial charge in [-0.1, -0.05) is 13.0 Å². The van der Waals surface area contributed by atoms with Crippen molar-refractivity contribution in [3.63, 3.8) is 0 Å². The first-order valence-corrected chi connectivity index (χ1v) is 11.5. The molecule has 1 saturated heterocycles. The Morgan fingerprint density at radius 1 is 1.35 bits per heavy atom. The summed E-state index contributed by atoms with van der Waals surface area (Å²) in [6.07, 6.45) is 6.46. The molecule has 1 N–H and O–H groups in total. The molecular weight excluding hydrogens is 412 g/mol. The van der Waals surface area contributed by atoms with Crippen molar-refractivity contribution in [1.82, 2.24) is 24.3 Å². The Hall–Kier alpha value is -3.20. The number of rotatable bonds is 6. The monoisotopic (exact) mass is 436 g/mol. The maximum absolute atomic E-state index is 13.2. The van der Waals surface area contributed by atoms with Crippen LogP contribution in [0.25, 0.3) is 16.7 Å². The summed E-state index contributed by atoms with van der Waals surface area (Å²) in [7, 11) is 0. The minimum absolute atomic E-state index is 0.157. The van der Waals surface area contributed by atoms with E-state index in [4.69, 9.17) is 0 Å². The third-order valence-electron chi connectivity index (χ3n) is 5.80. The van der Waals surface area contributed by atoms with Gasteiger partial charge in [-0.3, -0.25) is 14.0 Å². The molecule has 1 aliphatic heterocycles. The number of anilines is 1. The SMILES string of the molecule is CCCn1c(C(=O)NCC2CCCN2c2nccs2)cc2c(=O)n3ccccc3nc21. The molecule has 31 heavy (non-hydrogen) atoms. The van der Waals surface area contributed by atoms with E-state index in [0.717, 1.165) is 30.9 Å². The summed E-state index contributed by atoms with van der Waals surface area (Å²) >= 11 is 1.62. The maximum Gasteiger partial charge on any atom is 0.268 e. The van der Waals surface area contributed by atoms with E-state index in [9.17, 15) is 9.59 Å². The van der Waals surface area contributed by atoms with Crippen molar-refractivity contribution >= 4 is 39.1 Å². The Balaban J connectivity index is 1.45. The second kappa shape index (κ2) is 8.14. The van der Waals surface area contributed by atoms with Crippen molar-refractivity contribution in [1.29, 1.82) is 0 Å². The number of carbonyl (C=O) groups excluding carboxylic acids is 1. The number of amides is 1. The van der Waals surface area contributed by atoms with Crippen LogP contribution in [0, 0.1) is 0 Å². The highest BCUT2D eigenvalue weighted by Crippen LogP contribution is 2.27. The summed E-state index contributed by atoms with van der Waals surface area (Å²) in [6, 6.07) is 7.36. The molecule has 0 spiro atoms. The average Bonchev–Trinajstić information content (AvgIpc) is 3.53. The molecule has 0 bridgehead atoms. The van der Waals surface area contributed by atoms with E-state index in [0.29, 0.717) is 35.5 Å². The molecule has 0 aliphatic carbocycles. The van der Waals surface area contributed by atoms with E-state index in [1.54, 1.807) is 35.7 Å². The van der Waals surface area contributed by atoms with Gasteiger partial charge in [0.15, 0.2) is 5.13 Å². The van der Waals surface area contributed by atoms with Gasteiger partial charge in [0.2, 0.25) is 0 Å². The number of nitrogens with zero attached hydrogens (tertiary/aromatic N) is 5. The standard InChI is InChI=1S/C22H24N6O2S/c1-2-9-27-17(13-16-19(27)25-18-7-3-4-10-28(18)21(16)30)20(29)24-14-15-6-5-11-26(15)22-23-8-12-31-22/h3-4,7-8,10,12-13,15H,2,5-6,9,11,14H2,1H3,(H,24,29). The Labute approximate surface area is 183 Å². The highest BCUT2D eigenvalue weighted by atomic mass is 32.1. The molecule has 1 amide bonds. The van der Waals surface area contributed by atoms with E-state index in [1.165, 1.54) is 4.40 Å². The minimum Gasteiger partial charge on any atom is -0.349 e. The van der Waals surface area contributed by atoms with Gasteiger partial charge in [0, 0.05) is 43.4 Å². The van der Waals surface area contributed by atoms with E-state index >= 15 is 0 Å². The fourth-order valence-corrected chi connectivity index (χ4v) is 5.09. The van der Waals surface area contributed by atoms with Crippen LogP contribution in [0.2, 0.25) is 0 Å². The van der Waals surface area contributed by atoms with Crippen LogP contribution >= 0.6 is 11.3 Å². The van der Waals surface area contributed by atoms with Gasteiger partial charge in [0.25, 0.3) is 11.5 Å². The molecule has 0 saturated carbocycles. The summed E-state index contributed by atoms with van der Waals surface area (Å²) in [4.78, 5) is 37.5. The van der Waals surface area contributed by atoms with Crippen molar-refractivity contribution < 1.29 is 4.79 Å². The number of fused-ring (bicyclic) bond motifs is 2. The van der Waals surface area contributed by atoms with Gasteiger partial charge in [-0.2, -0.15) is 0 Å². The Kier molecular flexibility index (Phi) is 5.19. The lowest BCUT2D eigenvalue weighted by Gasteiger charge is -2.24. The lowest BCUT2D eigenvalue weighted by Crippen LogP contribution is -2.40. The van der Waals surface area contributed by atoms with E-state index in [2.05, 4.69) is 20.2 Å². The van der Waals surface area contributed by atoms with Gasteiger partial charge in [0.05, 0.1) is 5.39 Å². The van der Waals surface area contributed by atoms with E-state index in [-0.39, 0.29) is 17.5 Å². The van der Waals surface area contributed by atoms with Crippen LogP contribution in [-0.2, 0) is 6.54 Å². The maximum atomic E-state index is 13.2. The number of carbonyl (C=O) groups is 1. The predicted octanol–water partition coefficient (Wildman–Crippen LogP) is 2.91. The van der Waals surface area contributed by atoms with Crippen molar-refractivity contribution in [2.45, 2.75) is 38.8 Å². The molecule has 9 heteroatoms. The zero-order valence-corrected chi connectivity index (χ0v) is 18.1. The van der Waals surface area contributed by atoms with Crippen LogP contribution in [0.15, 0.2) is 46.8 Å². The molecule has 1 aliphatic rings. The largest absolute Gasteiger partial charge is 0.349 e. The number of hydrogen-bond acceptors (Lipinski definition) is 6. The molecule has 4 aromatic heterocycles. The van der Waals surface area contributed by atoms with Crippen LogP contribution in [0.3, 0.4) is 0 Å². The predicted molar refractivity (Wildman–Crippen MR) is 122 cm³/mol. The fourth-order valence-electron chi connectivity index (χ4n) is 4.35. The summed E-state index contributed by atoms with van der Waals surface area (Å²) in [5.41, 5.74) is 1.47. The third kappa shape index (κ3) is 3.48. The highest BCUT2D eigenvalue weighted by molar-refractivity contribution is 7.13. The quantitative estimate of drug-likeness (QED) is 0.502. The third-order valence-corrected chi connectivity index (χ3v) is 6.61. The van der Waals surface area contributed by atoms with Crippen molar-refractivity contribution in [2.75, 3.05) is 18.0 Å². The first kappa shape index (κ1) is 19.7. The van der Waals surface area contributed by atoms with Gasteiger partial charge in [-0.25, -0.2) is 9.97 Å². The van der Waals surface area contributed by atoms with Gasteiger partial charge in [-0.05, 0) is 37.5 Å². The molecule has 1 unspecified atom stereocenters. The molecular formula is C22H24N6O2S.